The standard InChI is InChI=1S/C20H42NO4P/c1-2-3-4-5-6-7-8-9-10-11-12-13-14-15-16-17-19-24-26(22,23)25-20-18-21/h9-10H,2-8,11-21H2,1H3,(H,22,23)/b10-9-. The maximum Gasteiger partial charge on any atom is 0.472 e. The zero-order valence-electron chi connectivity index (χ0n) is 16.9. The summed E-state index contributed by atoms with van der Waals surface area (Å²) in [6.45, 7) is 2.77. The van der Waals surface area contributed by atoms with Crippen molar-refractivity contribution in [2.45, 2.75) is 96.8 Å². The Balaban J connectivity index is 3.24. The van der Waals surface area contributed by atoms with Crippen molar-refractivity contribution in [3.63, 3.8) is 0 Å². The Hall–Kier alpha value is -0.190. The fourth-order valence-electron chi connectivity index (χ4n) is 2.73. The molecule has 0 heterocycles. The van der Waals surface area contributed by atoms with E-state index in [2.05, 4.69) is 23.6 Å². The van der Waals surface area contributed by atoms with Gasteiger partial charge in [0.05, 0.1) is 13.2 Å². The lowest BCUT2D eigenvalue weighted by Crippen LogP contribution is -2.08. The molecule has 0 spiro atoms. The van der Waals surface area contributed by atoms with Gasteiger partial charge in [0.15, 0.2) is 0 Å². The third-order valence-electron chi connectivity index (χ3n) is 4.28. The van der Waals surface area contributed by atoms with Crippen LogP contribution >= 0.6 is 7.82 Å². The van der Waals surface area contributed by atoms with E-state index in [0.717, 1.165) is 19.3 Å². The molecule has 0 aliphatic rings. The number of phosphoric acid groups is 1. The lowest BCUT2D eigenvalue weighted by molar-refractivity contribution is 0.150. The van der Waals surface area contributed by atoms with Gasteiger partial charge in [0.1, 0.15) is 0 Å². The molecule has 156 valence electrons. The number of hydrogen-bond donors (Lipinski definition) is 2. The smallest absolute Gasteiger partial charge is 0.328 e. The summed E-state index contributed by atoms with van der Waals surface area (Å²) in [5, 5.41) is 0. The average Bonchev–Trinajstić information content (AvgIpc) is 2.62. The second-order valence-electron chi connectivity index (χ2n) is 6.86. The van der Waals surface area contributed by atoms with Gasteiger partial charge in [0.25, 0.3) is 0 Å². The first kappa shape index (κ1) is 25.8. The summed E-state index contributed by atoms with van der Waals surface area (Å²) in [5.74, 6) is 0. The number of unbranched alkanes of at least 4 members (excludes halogenated alkanes) is 12. The average molecular weight is 392 g/mol. The van der Waals surface area contributed by atoms with Crippen LogP contribution in [0.3, 0.4) is 0 Å². The summed E-state index contributed by atoms with van der Waals surface area (Å²) in [6.07, 6.45) is 22.0. The van der Waals surface area contributed by atoms with Gasteiger partial charge in [0, 0.05) is 6.54 Å². The van der Waals surface area contributed by atoms with Crippen LogP contribution < -0.4 is 5.73 Å². The van der Waals surface area contributed by atoms with Gasteiger partial charge in [-0.3, -0.25) is 9.05 Å². The van der Waals surface area contributed by atoms with E-state index in [1.165, 1.54) is 70.6 Å². The summed E-state index contributed by atoms with van der Waals surface area (Å²) in [5.41, 5.74) is 5.21. The molecule has 0 rings (SSSR count). The predicted octanol–water partition coefficient (Wildman–Crippen LogP) is 6.12. The molecule has 26 heavy (non-hydrogen) atoms. The maximum atomic E-state index is 11.4. The molecule has 0 saturated carbocycles. The lowest BCUT2D eigenvalue weighted by atomic mass is 10.1. The normalized spacial score (nSPS) is 14.1. The van der Waals surface area contributed by atoms with Crippen LogP contribution in [-0.4, -0.2) is 24.7 Å². The Morgan fingerprint density at radius 1 is 0.769 bits per heavy atom. The molecule has 0 aliphatic heterocycles. The van der Waals surface area contributed by atoms with Crippen LogP contribution in [0.2, 0.25) is 0 Å². The highest BCUT2D eigenvalue weighted by Gasteiger charge is 2.19. The molecule has 1 unspecified atom stereocenters. The topological polar surface area (TPSA) is 81.8 Å². The van der Waals surface area contributed by atoms with Crippen molar-refractivity contribution in [3.05, 3.63) is 12.2 Å². The molecule has 0 aliphatic carbocycles. The molecule has 0 aromatic carbocycles. The van der Waals surface area contributed by atoms with Crippen LogP contribution in [0, 0.1) is 0 Å². The van der Waals surface area contributed by atoms with Gasteiger partial charge in [-0.25, -0.2) is 4.57 Å². The van der Waals surface area contributed by atoms with E-state index in [0.29, 0.717) is 0 Å². The highest BCUT2D eigenvalue weighted by molar-refractivity contribution is 7.47. The molecule has 0 fully saturated rings. The van der Waals surface area contributed by atoms with Crippen LogP contribution in [0.5, 0.6) is 0 Å². The van der Waals surface area contributed by atoms with Gasteiger partial charge in [-0.1, -0.05) is 76.9 Å². The van der Waals surface area contributed by atoms with Crippen molar-refractivity contribution >= 4 is 7.82 Å². The first-order chi connectivity index (χ1) is 12.6. The fraction of sp³-hybridized carbons (Fsp3) is 0.900. The number of nitrogens with two attached hydrogens (primary N) is 1. The van der Waals surface area contributed by atoms with E-state index in [4.69, 9.17) is 10.3 Å². The number of rotatable bonds is 20. The molecular weight excluding hydrogens is 349 g/mol. The zero-order valence-corrected chi connectivity index (χ0v) is 17.8. The fourth-order valence-corrected chi connectivity index (χ4v) is 3.51. The summed E-state index contributed by atoms with van der Waals surface area (Å²) in [4.78, 5) is 9.32. The van der Waals surface area contributed by atoms with Crippen molar-refractivity contribution in [2.24, 2.45) is 5.73 Å². The minimum absolute atomic E-state index is 0.0428. The van der Waals surface area contributed by atoms with Crippen molar-refractivity contribution in [1.82, 2.24) is 0 Å². The quantitative estimate of drug-likeness (QED) is 0.148. The highest BCUT2D eigenvalue weighted by Crippen LogP contribution is 2.42. The van der Waals surface area contributed by atoms with E-state index in [9.17, 15) is 9.46 Å². The number of phosphoric ester groups is 1. The number of hydrogen-bond acceptors (Lipinski definition) is 4. The molecule has 0 aromatic heterocycles. The van der Waals surface area contributed by atoms with Crippen molar-refractivity contribution in [1.29, 1.82) is 0 Å². The van der Waals surface area contributed by atoms with E-state index in [-0.39, 0.29) is 19.8 Å². The Bertz CT molecular complexity index is 364. The molecule has 0 bridgehead atoms. The SMILES string of the molecule is CCCCCCCC/C=C\CCCCCCCCOP(=O)(O)OCCN. The van der Waals surface area contributed by atoms with Crippen LogP contribution in [0.4, 0.5) is 0 Å². The third-order valence-corrected chi connectivity index (χ3v) is 5.30. The first-order valence-corrected chi connectivity index (χ1v) is 12.1. The Labute approximate surface area is 161 Å². The Morgan fingerprint density at radius 2 is 1.23 bits per heavy atom. The van der Waals surface area contributed by atoms with Crippen molar-refractivity contribution in [3.8, 4) is 0 Å². The largest absolute Gasteiger partial charge is 0.472 e. The van der Waals surface area contributed by atoms with Crippen LogP contribution in [0.25, 0.3) is 0 Å². The monoisotopic (exact) mass is 391 g/mol. The third kappa shape index (κ3) is 20.1. The van der Waals surface area contributed by atoms with E-state index in [1.54, 1.807) is 0 Å². The van der Waals surface area contributed by atoms with Crippen LogP contribution in [0.1, 0.15) is 96.8 Å². The minimum atomic E-state index is -3.89. The summed E-state index contributed by atoms with van der Waals surface area (Å²) >= 11 is 0. The van der Waals surface area contributed by atoms with Gasteiger partial charge in [-0.2, -0.15) is 0 Å². The zero-order chi connectivity index (χ0) is 19.3. The molecule has 5 nitrogen and oxygen atoms in total. The maximum absolute atomic E-state index is 11.4. The minimum Gasteiger partial charge on any atom is -0.328 e. The predicted molar refractivity (Wildman–Crippen MR) is 110 cm³/mol. The van der Waals surface area contributed by atoms with Gasteiger partial charge >= 0.3 is 7.82 Å². The second-order valence-corrected chi connectivity index (χ2v) is 8.32. The molecule has 6 heteroatoms. The second kappa shape index (κ2) is 19.6. The first-order valence-electron chi connectivity index (χ1n) is 10.6. The van der Waals surface area contributed by atoms with Gasteiger partial charge in [-0.05, 0) is 32.1 Å². The number of allylic oxidation sites excluding steroid dienone is 2. The van der Waals surface area contributed by atoms with Crippen molar-refractivity contribution in [2.75, 3.05) is 19.8 Å². The molecule has 0 radical (unpaired) electrons. The van der Waals surface area contributed by atoms with E-state index in [1.807, 2.05) is 0 Å². The van der Waals surface area contributed by atoms with E-state index >= 15 is 0 Å². The van der Waals surface area contributed by atoms with Gasteiger partial charge in [0.2, 0.25) is 0 Å². The molecule has 0 amide bonds. The van der Waals surface area contributed by atoms with Gasteiger partial charge in [-0.15, -0.1) is 0 Å². The molecule has 3 N–H and O–H groups in total. The van der Waals surface area contributed by atoms with E-state index < -0.39 is 7.82 Å². The summed E-state index contributed by atoms with van der Waals surface area (Å²) < 4.78 is 20.9. The molecule has 0 saturated heterocycles. The van der Waals surface area contributed by atoms with Crippen molar-refractivity contribution < 1.29 is 18.5 Å². The summed E-state index contributed by atoms with van der Waals surface area (Å²) in [7, 11) is -3.89. The summed E-state index contributed by atoms with van der Waals surface area (Å²) in [6, 6.07) is 0. The van der Waals surface area contributed by atoms with Crippen LogP contribution in [0.15, 0.2) is 12.2 Å². The van der Waals surface area contributed by atoms with Gasteiger partial charge < -0.3 is 10.6 Å². The molecule has 1 atom stereocenters. The van der Waals surface area contributed by atoms with Crippen LogP contribution in [-0.2, 0) is 13.6 Å². The Morgan fingerprint density at radius 3 is 1.77 bits per heavy atom. The highest BCUT2D eigenvalue weighted by atomic mass is 31.2. The Kier molecular flexibility index (Phi) is 19.4. The molecular formula is C20H42NO4P. The molecule has 0 aromatic rings. The lowest BCUT2D eigenvalue weighted by Gasteiger charge is -2.11.